The largest absolute Gasteiger partial charge is 0.492 e. The van der Waals surface area contributed by atoms with E-state index in [-0.39, 0.29) is 0 Å². The van der Waals surface area contributed by atoms with Crippen molar-refractivity contribution in [1.82, 2.24) is 24.2 Å². The molecule has 4 rings (SSSR count). The number of rotatable bonds is 5. The van der Waals surface area contributed by atoms with Gasteiger partial charge in [0.25, 0.3) is 0 Å². The highest BCUT2D eigenvalue weighted by Gasteiger charge is 2.13. The maximum absolute atomic E-state index is 5.90. The molecule has 1 aliphatic heterocycles. The van der Waals surface area contributed by atoms with Crippen LogP contribution in [0.4, 0.5) is 0 Å². The number of piperazine rings is 1. The molecular weight excluding hydrogens is 314 g/mol. The fourth-order valence-corrected chi connectivity index (χ4v) is 3.07. The van der Waals surface area contributed by atoms with Gasteiger partial charge in [-0.2, -0.15) is 0 Å². The minimum atomic E-state index is 0.728. The average molecular weight is 337 g/mol. The Morgan fingerprint density at radius 3 is 2.60 bits per heavy atom. The Balaban J connectivity index is 1.33. The summed E-state index contributed by atoms with van der Waals surface area (Å²) in [6.07, 6.45) is 7.43. The molecule has 0 bridgehead atoms. The average Bonchev–Trinajstić information content (AvgIpc) is 3.12. The van der Waals surface area contributed by atoms with Crippen LogP contribution >= 0.6 is 0 Å². The minimum Gasteiger partial charge on any atom is -0.492 e. The minimum absolute atomic E-state index is 0.728. The number of aromatic nitrogens is 3. The number of likely N-dealkylation sites (N-methyl/N-ethyl adjacent to an activating group) is 1. The Labute approximate surface area is 147 Å². The van der Waals surface area contributed by atoms with Crippen LogP contribution in [0, 0.1) is 0 Å². The van der Waals surface area contributed by atoms with Crippen molar-refractivity contribution >= 4 is 5.65 Å². The van der Waals surface area contributed by atoms with Crippen molar-refractivity contribution in [3.63, 3.8) is 0 Å². The normalized spacial score (nSPS) is 16.4. The summed E-state index contributed by atoms with van der Waals surface area (Å²) in [7, 11) is 2.18. The van der Waals surface area contributed by atoms with E-state index in [1.807, 2.05) is 28.9 Å². The lowest BCUT2D eigenvalue weighted by Gasteiger charge is -2.32. The fourth-order valence-electron chi connectivity index (χ4n) is 3.07. The van der Waals surface area contributed by atoms with Gasteiger partial charge in [0.05, 0.1) is 6.20 Å². The summed E-state index contributed by atoms with van der Waals surface area (Å²) in [5, 5.41) is 0. The smallest absolute Gasteiger partial charge is 0.156 e. The van der Waals surface area contributed by atoms with Crippen LogP contribution in [0.5, 0.6) is 5.75 Å². The molecule has 3 heterocycles. The summed E-state index contributed by atoms with van der Waals surface area (Å²) in [4.78, 5) is 13.3. The maximum atomic E-state index is 5.90. The van der Waals surface area contributed by atoms with E-state index in [0.717, 1.165) is 61.9 Å². The van der Waals surface area contributed by atoms with Crippen LogP contribution in [0.1, 0.15) is 0 Å². The van der Waals surface area contributed by atoms with E-state index in [2.05, 4.69) is 38.9 Å². The molecule has 0 saturated carbocycles. The van der Waals surface area contributed by atoms with Gasteiger partial charge in [0.1, 0.15) is 18.7 Å². The van der Waals surface area contributed by atoms with E-state index in [1.165, 1.54) is 0 Å². The van der Waals surface area contributed by atoms with Gasteiger partial charge < -0.3 is 9.64 Å². The van der Waals surface area contributed by atoms with Crippen LogP contribution in [0.15, 0.2) is 49.2 Å². The second kappa shape index (κ2) is 7.21. The monoisotopic (exact) mass is 337 g/mol. The molecule has 1 aliphatic rings. The summed E-state index contributed by atoms with van der Waals surface area (Å²) in [5.41, 5.74) is 3.04. The highest BCUT2D eigenvalue weighted by Crippen LogP contribution is 2.22. The standard InChI is InChI=1S/C19H23N5O/c1-22-6-8-23(9-7-22)10-11-25-18-4-2-16(3-5-18)17-12-21-19-13-20-15-24(19)14-17/h2-5,12-15H,6-11H2,1H3. The SMILES string of the molecule is CN1CCN(CCOc2ccc(-c3cnc4cncn4c3)cc2)CC1. The molecule has 1 saturated heterocycles. The van der Waals surface area contributed by atoms with Gasteiger partial charge in [0.15, 0.2) is 5.65 Å². The molecule has 6 heteroatoms. The molecule has 0 unspecified atom stereocenters. The van der Waals surface area contributed by atoms with Crippen molar-refractivity contribution < 1.29 is 4.74 Å². The first-order valence-corrected chi connectivity index (χ1v) is 8.70. The lowest BCUT2D eigenvalue weighted by Crippen LogP contribution is -2.45. The van der Waals surface area contributed by atoms with Crippen molar-refractivity contribution in [2.75, 3.05) is 46.4 Å². The van der Waals surface area contributed by atoms with E-state index in [1.54, 1.807) is 12.5 Å². The third kappa shape index (κ3) is 3.81. The topological polar surface area (TPSA) is 45.9 Å². The van der Waals surface area contributed by atoms with E-state index >= 15 is 0 Å². The van der Waals surface area contributed by atoms with Crippen LogP contribution < -0.4 is 4.74 Å². The summed E-state index contributed by atoms with van der Waals surface area (Å²) in [6, 6.07) is 8.20. The van der Waals surface area contributed by atoms with E-state index < -0.39 is 0 Å². The van der Waals surface area contributed by atoms with Gasteiger partial charge in [-0.25, -0.2) is 9.97 Å². The fraction of sp³-hybridized carbons (Fsp3) is 0.368. The molecule has 0 amide bonds. The molecule has 3 aromatic rings. The van der Waals surface area contributed by atoms with Crippen molar-refractivity contribution in [1.29, 1.82) is 0 Å². The highest BCUT2D eigenvalue weighted by molar-refractivity contribution is 5.63. The van der Waals surface area contributed by atoms with Crippen LogP contribution in [0.3, 0.4) is 0 Å². The molecule has 2 aromatic heterocycles. The molecule has 25 heavy (non-hydrogen) atoms. The molecule has 0 aliphatic carbocycles. The number of fused-ring (bicyclic) bond motifs is 1. The first-order valence-electron chi connectivity index (χ1n) is 8.70. The van der Waals surface area contributed by atoms with E-state index in [9.17, 15) is 0 Å². The van der Waals surface area contributed by atoms with Gasteiger partial charge in [0, 0.05) is 50.7 Å². The molecule has 0 radical (unpaired) electrons. The van der Waals surface area contributed by atoms with Crippen molar-refractivity contribution in [2.24, 2.45) is 0 Å². The highest BCUT2D eigenvalue weighted by atomic mass is 16.5. The third-order valence-corrected chi connectivity index (χ3v) is 4.72. The maximum Gasteiger partial charge on any atom is 0.156 e. The number of imidazole rings is 1. The summed E-state index contributed by atoms with van der Waals surface area (Å²) < 4.78 is 7.82. The second-order valence-corrected chi connectivity index (χ2v) is 6.52. The lowest BCUT2D eigenvalue weighted by molar-refractivity contribution is 0.134. The zero-order chi connectivity index (χ0) is 17.1. The molecule has 0 spiro atoms. The predicted molar refractivity (Wildman–Crippen MR) is 97.9 cm³/mol. The molecular formula is C19H23N5O. The molecule has 130 valence electrons. The predicted octanol–water partition coefficient (Wildman–Crippen LogP) is 2.02. The number of ether oxygens (including phenoxy) is 1. The quantitative estimate of drug-likeness (QED) is 0.713. The molecule has 6 nitrogen and oxygen atoms in total. The zero-order valence-corrected chi connectivity index (χ0v) is 14.5. The summed E-state index contributed by atoms with van der Waals surface area (Å²) in [6.45, 7) is 6.25. The number of benzene rings is 1. The number of nitrogens with zero attached hydrogens (tertiary/aromatic N) is 5. The van der Waals surface area contributed by atoms with E-state index in [4.69, 9.17) is 4.74 Å². The lowest BCUT2D eigenvalue weighted by atomic mass is 10.1. The van der Waals surface area contributed by atoms with Crippen molar-refractivity contribution in [2.45, 2.75) is 0 Å². The van der Waals surface area contributed by atoms with Crippen molar-refractivity contribution in [3.05, 3.63) is 49.2 Å². The Bertz CT molecular complexity index is 821. The van der Waals surface area contributed by atoms with Crippen LogP contribution in [0.25, 0.3) is 16.8 Å². The van der Waals surface area contributed by atoms with Gasteiger partial charge in [0.2, 0.25) is 0 Å². The first-order chi connectivity index (χ1) is 12.3. The van der Waals surface area contributed by atoms with Gasteiger partial charge >= 0.3 is 0 Å². The molecule has 1 fully saturated rings. The zero-order valence-electron chi connectivity index (χ0n) is 14.5. The van der Waals surface area contributed by atoms with Crippen LogP contribution in [-0.4, -0.2) is 70.5 Å². The van der Waals surface area contributed by atoms with Crippen molar-refractivity contribution in [3.8, 4) is 16.9 Å². The second-order valence-electron chi connectivity index (χ2n) is 6.52. The Morgan fingerprint density at radius 1 is 1.00 bits per heavy atom. The number of hydrogen-bond acceptors (Lipinski definition) is 5. The summed E-state index contributed by atoms with van der Waals surface area (Å²) >= 11 is 0. The molecule has 1 aromatic carbocycles. The van der Waals surface area contributed by atoms with Gasteiger partial charge in [-0.15, -0.1) is 0 Å². The molecule has 0 atom stereocenters. The summed E-state index contributed by atoms with van der Waals surface area (Å²) in [5.74, 6) is 0.912. The van der Waals surface area contributed by atoms with Crippen LogP contribution in [0.2, 0.25) is 0 Å². The van der Waals surface area contributed by atoms with E-state index in [0.29, 0.717) is 0 Å². The first kappa shape index (κ1) is 16.1. The Morgan fingerprint density at radius 2 is 1.80 bits per heavy atom. The third-order valence-electron chi connectivity index (χ3n) is 4.72. The van der Waals surface area contributed by atoms with Gasteiger partial charge in [-0.3, -0.25) is 9.30 Å². The molecule has 0 N–H and O–H groups in total. The van der Waals surface area contributed by atoms with Gasteiger partial charge in [-0.1, -0.05) is 12.1 Å². The Kier molecular flexibility index (Phi) is 4.63. The van der Waals surface area contributed by atoms with Crippen LogP contribution in [-0.2, 0) is 0 Å². The number of hydrogen-bond donors (Lipinski definition) is 0. The van der Waals surface area contributed by atoms with Gasteiger partial charge in [-0.05, 0) is 24.7 Å². The Hall–Kier alpha value is -2.44.